The predicted octanol–water partition coefficient (Wildman–Crippen LogP) is 3.42. The molecule has 2 rings (SSSR count). The first kappa shape index (κ1) is 22.2. The van der Waals surface area contributed by atoms with E-state index in [0.717, 1.165) is 18.1 Å². The molecule has 1 aromatic carbocycles. The quantitative estimate of drug-likeness (QED) is 0.270. The normalized spacial score (nSPS) is 10.7. The summed E-state index contributed by atoms with van der Waals surface area (Å²) < 4.78 is 10.0. The van der Waals surface area contributed by atoms with Crippen molar-refractivity contribution in [1.82, 2.24) is 10.6 Å². The maximum atomic E-state index is 11.9. The Hall–Kier alpha value is -1.81. The van der Waals surface area contributed by atoms with Gasteiger partial charge in [-0.25, -0.2) is 9.79 Å². The number of esters is 1. The lowest BCUT2D eigenvalue weighted by molar-refractivity contribution is 0.0597. The smallest absolute Gasteiger partial charge is 0.341 e. The van der Waals surface area contributed by atoms with Crippen molar-refractivity contribution >= 4 is 47.2 Å². The highest BCUT2D eigenvalue weighted by Crippen LogP contribution is 2.20. The van der Waals surface area contributed by atoms with Crippen LogP contribution < -0.4 is 15.4 Å². The van der Waals surface area contributed by atoms with E-state index in [2.05, 4.69) is 27.1 Å². The van der Waals surface area contributed by atoms with Crippen molar-refractivity contribution in [3.8, 4) is 5.75 Å². The molecule has 2 aromatic rings. The molecular formula is C18H24IN3O3S. The van der Waals surface area contributed by atoms with E-state index < -0.39 is 5.97 Å². The molecule has 8 heteroatoms. The third-order valence-electron chi connectivity index (χ3n) is 3.47. The van der Waals surface area contributed by atoms with Crippen LogP contribution in [0.2, 0.25) is 0 Å². The Balaban J connectivity index is 0.00000338. The Kier molecular flexibility index (Phi) is 10.0. The number of rotatable bonds is 7. The number of nitrogens with zero attached hydrogens (tertiary/aromatic N) is 1. The van der Waals surface area contributed by atoms with E-state index in [-0.39, 0.29) is 24.0 Å². The number of benzene rings is 1. The number of ether oxygens (including phenoxy) is 2. The number of carbonyl (C=O) groups excluding carboxylic acids is 1. The predicted molar refractivity (Wildman–Crippen MR) is 116 cm³/mol. The Bertz CT molecular complexity index is 720. The summed E-state index contributed by atoms with van der Waals surface area (Å²) >= 11 is 1.66. The van der Waals surface area contributed by atoms with Crippen molar-refractivity contribution in [2.45, 2.75) is 20.0 Å². The van der Waals surface area contributed by atoms with Gasteiger partial charge in [0.15, 0.2) is 5.96 Å². The lowest BCUT2D eigenvalue weighted by Gasteiger charge is -2.13. The summed E-state index contributed by atoms with van der Waals surface area (Å²) in [5, 5.41) is 10.6. The fraction of sp³-hybridized carbons (Fsp3) is 0.333. The largest absolute Gasteiger partial charge is 0.496 e. The van der Waals surface area contributed by atoms with Crippen LogP contribution in [0.1, 0.15) is 28.4 Å². The number of hydrogen-bond acceptors (Lipinski definition) is 5. The summed E-state index contributed by atoms with van der Waals surface area (Å²) in [7, 11) is 2.88. The lowest BCUT2D eigenvalue weighted by atomic mass is 10.1. The summed E-state index contributed by atoms with van der Waals surface area (Å²) in [6.45, 7) is 3.94. The van der Waals surface area contributed by atoms with Gasteiger partial charge in [-0.1, -0.05) is 6.07 Å². The molecule has 26 heavy (non-hydrogen) atoms. The van der Waals surface area contributed by atoms with Crippen molar-refractivity contribution in [2.24, 2.45) is 4.99 Å². The van der Waals surface area contributed by atoms with E-state index in [1.807, 2.05) is 18.4 Å². The second-order valence-corrected chi connectivity index (χ2v) is 5.99. The highest BCUT2D eigenvalue weighted by atomic mass is 127. The summed E-state index contributed by atoms with van der Waals surface area (Å²) in [5.74, 6) is 0.800. The van der Waals surface area contributed by atoms with Gasteiger partial charge < -0.3 is 20.1 Å². The van der Waals surface area contributed by atoms with Crippen LogP contribution in [0.25, 0.3) is 0 Å². The van der Waals surface area contributed by atoms with Crippen LogP contribution in [-0.2, 0) is 17.8 Å². The van der Waals surface area contributed by atoms with E-state index in [1.165, 1.54) is 19.8 Å². The summed E-state index contributed by atoms with van der Waals surface area (Å²) in [6, 6.07) is 7.49. The van der Waals surface area contributed by atoms with Crippen LogP contribution in [0.4, 0.5) is 0 Å². The zero-order valence-electron chi connectivity index (χ0n) is 15.1. The van der Waals surface area contributed by atoms with E-state index in [0.29, 0.717) is 24.4 Å². The van der Waals surface area contributed by atoms with Crippen LogP contribution in [0.5, 0.6) is 5.75 Å². The monoisotopic (exact) mass is 489 g/mol. The minimum absolute atomic E-state index is 0. The molecular weight excluding hydrogens is 465 g/mol. The lowest BCUT2D eigenvalue weighted by Crippen LogP contribution is -2.36. The van der Waals surface area contributed by atoms with E-state index in [1.54, 1.807) is 23.5 Å². The van der Waals surface area contributed by atoms with E-state index in [9.17, 15) is 4.79 Å². The van der Waals surface area contributed by atoms with Gasteiger partial charge in [-0.15, -0.1) is 24.0 Å². The highest BCUT2D eigenvalue weighted by Gasteiger charge is 2.13. The van der Waals surface area contributed by atoms with Crippen LogP contribution in [0.15, 0.2) is 40.0 Å². The van der Waals surface area contributed by atoms with Gasteiger partial charge in [0.05, 0.1) is 20.8 Å². The molecule has 6 nitrogen and oxygen atoms in total. The molecule has 0 aliphatic rings. The van der Waals surface area contributed by atoms with E-state index in [4.69, 9.17) is 9.47 Å². The molecule has 0 aliphatic heterocycles. The maximum Gasteiger partial charge on any atom is 0.341 e. The standard InChI is InChI=1S/C18H23N3O3S.HI/c1-4-19-18(21-11-14-7-8-25-12-14)20-10-13-5-6-16(23-2)15(9-13)17(22)24-3;/h5-9,12H,4,10-11H2,1-3H3,(H2,19,20,21);1H. The highest BCUT2D eigenvalue weighted by molar-refractivity contribution is 14.0. The van der Waals surface area contributed by atoms with Crippen molar-refractivity contribution in [1.29, 1.82) is 0 Å². The summed E-state index contributed by atoms with van der Waals surface area (Å²) in [4.78, 5) is 16.4. The first-order chi connectivity index (χ1) is 12.2. The molecule has 0 atom stereocenters. The molecule has 1 heterocycles. The van der Waals surface area contributed by atoms with Crippen molar-refractivity contribution in [3.05, 3.63) is 51.7 Å². The Morgan fingerprint density at radius 3 is 2.62 bits per heavy atom. The number of carbonyl (C=O) groups is 1. The molecule has 0 saturated carbocycles. The number of nitrogens with one attached hydrogen (secondary N) is 2. The molecule has 0 amide bonds. The number of methoxy groups -OCH3 is 2. The SMILES string of the molecule is CCNC(=NCc1ccsc1)NCc1ccc(OC)c(C(=O)OC)c1.I. The summed E-state index contributed by atoms with van der Waals surface area (Å²) in [6.07, 6.45) is 0. The molecule has 0 unspecified atom stereocenters. The Labute approximate surface area is 175 Å². The molecule has 0 saturated heterocycles. The van der Waals surface area contributed by atoms with Gasteiger partial charge in [0.25, 0.3) is 0 Å². The number of hydrogen-bond donors (Lipinski definition) is 2. The minimum Gasteiger partial charge on any atom is -0.496 e. The third-order valence-corrected chi connectivity index (χ3v) is 4.21. The molecule has 0 aliphatic carbocycles. The number of guanidine groups is 1. The van der Waals surface area contributed by atoms with Gasteiger partial charge in [0.1, 0.15) is 11.3 Å². The molecule has 1 aromatic heterocycles. The molecule has 142 valence electrons. The fourth-order valence-corrected chi connectivity index (χ4v) is 2.87. The maximum absolute atomic E-state index is 11.9. The Morgan fingerprint density at radius 2 is 2.00 bits per heavy atom. The zero-order chi connectivity index (χ0) is 18.1. The topological polar surface area (TPSA) is 72.0 Å². The van der Waals surface area contributed by atoms with Crippen LogP contribution in [0.3, 0.4) is 0 Å². The van der Waals surface area contributed by atoms with Crippen LogP contribution >= 0.6 is 35.3 Å². The summed E-state index contributed by atoms with van der Waals surface area (Å²) in [5.41, 5.74) is 2.52. The molecule has 0 bridgehead atoms. The fourth-order valence-electron chi connectivity index (χ4n) is 2.22. The third kappa shape index (κ3) is 6.49. The number of thiophene rings is 1. The van der Waals surface area contributed by atoms with Crippen LogP contribution in [-0.4, -0.2) is 32.7 Å². The van der Waals surface area contributed by atoms with E-state index >= 15 is 0 Å². The van der Waals surface area contributed by atoms with Crippen LogP contribution in [0, 0.1) is 0 Å². The van der Waals surface area contributed by atoms with Crippen molar-refractivity contribution in [2.75, 3.05) is 20.8 Å². The average Bonchev–Trinajstić information content (AvgIpc) is 3.16. The van der Waals surface area contributed by atoms with Crippen molar-refractivity contribution in [3.63, 3.8) is 0 Å². The van der Waals surface area contributed by atoms with Gasteiger partial charge in [-0.3, -0.25) is 0 Å². The minimum atomic E-state index is -0.420. The second kappa shape index (κ2) is 11.7. The first-order valence-electron chi connectivity index (χ1n) is 7.96. The molecule has 2 N–H and O–H groups in total. The molecule has 0 fully saturated rings. The number of halogens is 1. The van der Waals surface area contributed by atoms with Gasteiger partial charge >= 0.3 is 5.97 Å². The first-order valence-corrected chi connectivity index (χ1v) is 8.90. The molecule has 0 spiro atoms. The second-order valence-electron chi connectivity index (χ2n) is 5.21. The van der Waals surface area contributed by atoms with Gasteiger partial charge in [0.2, 0.25) is 0 Å². The zero-order valence-corrected chi connectivity index (χ0v) is 18.2. The van der Waals surface area contributed by atoms with Crippen molar-refractivity contribution < 1.29 is 14.3 Å². The number of aliphatic imine (C=N–C) groups is 1. The average molecular weight is 489 g/mol. The van der Waals surface area contributed by atoms with Gasteiger partial charge in [0, 0.05) is 13.1 Å². The van der Waals surface area contributed by atoms with Gasteiger partial charge in [-0.05, 0) is 47.0 Å². The molecule has 0 radical (unpaired) electrons. The van der Waals surface area contributed by atoms with Gasteiger partial charge in [-0.2, -0.15) is 11.3 Å². The Morgan fingerprint density at radius 1 is 1.19 bits per heavy atom.